The minimum Gasteiger partial charge on any atom is -0.488 e. The van der Waals surface area contributed by atoms with Crippen LogP contribution in [0.5, 0.6) is 5.75 Å². The van der Waals surface area contributed by atoms with Crippen LogP contribution in [0.25, 0.3) is 11.1 Å². The van der Waals surface area contributed by atoms with E-state index in [4.69, 9.17) is 4.74 Å². The number of thioether (sulfide) groups is 1. The lowest BCUT2D eigenvalue weighted by atomic mass is 9.95. The number of fused-ring (bicyclic) bond motifs is 1. The number of amides is 1. The zero-order valence-electron chi connectivity index (χ0n) is 16.6. The van der Waals surface area contributed by atoms with E-state index in [1.807, 2.05) is 54.6 Å². The normalized spacial score (nSPS) is 14.6. The van der Waals surface area contributed by atoms with Crippen molar-refractivity contribution < 1.29 is 14.3 Å². The molecule has 6 heteroatoms. The number of rotatable bonds is 7. The van der Waals surface area contributed by atoms with Crippen molar-refractivity contribution >= 4 is 23.5 Å². The summed E-state index contributed by atoms with van der Waals surface area (Å²) in [5, 5.41) is 3.77. The number of carbonyl (C=O) groups is 2. The first-order valence-corrected chi connectivity index (χ1v) is 10.8. The van der Waals surface area contributed by atoms with Crippen LogP contribution in [0.15, 0.2) is 71.9 Å². The van der Waals surface area contributed by atoms with E-state index in [1.165, 1.54) is 11.8 Å². The first-order chi connectivity index (χ1) is 14.6. The molecule has 0 unspecified atom stereocenters. The van der Waals surface area contributed by atoms with Gasteiger partial charge in [0.15, 0.2) is 5.78 Å². The molecule has 3 aromatic rings. The van der Waals surface area contributed by atoms with Gasteiger partial charge < -0.3 is 10.1 Å². The molecule has 1 atom stereocenters. The number of hydrogen-bond donors (Lipinski definition) is 1. The molecule has 4 rings (SSSR count). The van der Waals surface area contributed by atoms with Crippen LogP contribution in [0.4, 0.5) is 0 Å². The number of ether oxygens (including phenoxy) is 1. The van der Waals surface area contributed by atoms with Crippen molar-refractivity contribution in [3.63, 3.8) is 0 Å². The molecule has 1 aromatic heterocycles. The van der Waals surface area contributed by atoms with Crippen molar-refractivity contribution in [2.45, 2.75) is 24.5 Å². The second kappa shape index (κ2) is 9.13. The fourth-order valence-electron chi connectivity index (χ4n) is 3.49. The van der Waals surface area contributed by atoms with Crippen LogP contribution in [-0.2, 0) is 11.2 Å². The van der Waals surface area contributed by atoms with Gasteiger partial charge >= 0.3 is 0 Å². The van der Waals surface area contributed by atoms with Gasteiger partial charge in [-0.05, 0) is 47.9 Å². The van der Waals surface area contributed by atoms with E-state index in [0.29, 0.717) is 17.9 Å². The zero-order chi connectivity index (χ0) is 20.9. The number of Topliss-reactive ketones (excluding diaryl/α,β-unsaturated/α-hetero) is 1. The Morgan fingerprint density at radius 2 is 1.97 bits per heavy atom. The monoisotopic (exact) mass is 418 g/mol. The van der Waals surface area contributed by atoms with Crippen LogP contribution in [-0.4, -0.2) is 35.1 Å². The number of hydrogen-bond acceptors (Lipinski definition) is 5. The van der Waals surface area contributed by atoms with E-state index in [2.05, 4.69) is 16.4 Å². The molecular weight excluding hydrogens is 396 g/mol. The molecule has 0 fully saturated rings. The van der Waals surface area contributed by atoms with Crippen LogP contribution in [0, 0.1) is 0 Å². The molecule has 5 nitrogen and oxygen atoms in total. The summed E-state index contributed by atoms with van der Waals surface area (Å²) >= 11 is 1.41. The van der Waals surface area contributed by atoms with E-state index in [0.717, 1.165) is 33.9 Å². The molecule has 0 spiro atoms. The molecular formula is C24H22N2O3S. The highest BCUT2D eigenvalue weighted by molar-refractivity contribution is 7.99. The van der Waals surface area contributed by atoms with Gasteiger partial charge in [-0.2, -0.15) is 0 Å². The average molecular weight is 419 g/mol. The van der Waals surface area contributed by atoms with Crippen molar-refractivity contribution in [3.05, 3.63) is 78.0 Å². The molecule has 30 heavy (non-hydrogen) atoms. The molecule has 2 heterocycles. The number of aromatic nitrogens is 1. The summed E-state index contributed by atoms with van der Waals surface area (Å²) in [6, 6.07) is 19.3. The predicted octanol–water partition coefficient (Wildman–Crippen LogP) is 4.16. The molecule has 2 aromatic carbocycles. The summed E-state index contributed by atoms with van der Waals surface area (Å²) in [5.41, 5.74) is 3.73. The average Bonchev–Trinajstić information content (AvgIpc) is 3.19. The molecule has 0 radical (unpaired) electrons. The second-order valence-electron chi connectivity index (χ2n) is 7.13. The quantitative estimate of drug-likeness (QED) is 0.461. The maximum absolute atomic E-state index is 12.1. The van der Waals surface area contributed by atoms with Crippen LogP contribution in [0.2, 0.25) is 0 Å². The number of pyridine rings is 1. The number of nitrogens with one attached hydrogen (secondary N) is 1. The summed E-state index contributed by atoms with van der Waals surface area (Å²) in [6.07, 6.45) is 2.34. The fourth-order valence-corrected chi connectivity index (χ4v) is 4.19. The van der Waals surface area contributed by atoms with Gasteiger partial charge in [0.05, 0.1) is 17.3 Å². The van der Waals surface area contributed by atoms with Gasteiger partial charge in [-0.1, -0.05) is 48.2 Å². The third kappa shape index (κ3) is 4.71. The second-order valence-corrected chi connectivity index (χ2v) is 8.12. The first-order valence-electron chi connectivity index (χ1n) is 9.80. The Balaban J connectivity index is 1.35. The Kier molecular flexibility index (Phi) is 6.14. The van der Waals surface area contributed by atoms with Gasteiger partial charge in [0, 0.05) is 18.2 Å². The third-order valence-corrected chi connectivity index (χ3v) is 5.88. The van der Waals surface area contributed by atoms with E-state index in [9.17, 15) is 9.59 Å². The Morgan fingerprint density at radius 1 is 1.13 bits per heavy atom. The lowest BCUT2D eigenvalue weighted by Crippen LogP contribution is -2.35. The largest absolute Gasteiger partial charge is 0.488 e. The topological polar surface area (TPSA) is 68.3 Å². The molecule has 0 saturated carbocycles. The van der Waals surface area contributed by atoms with E-state index in [-0.39, 0.29) is 17.8 Å². The molecule has 1 aliphatic heterocycles. The molecule has 1 aliphatic rings. The Labute approximate surface area is 179 Å². The number of nitrogens with zero attached hydrogens (tertiary/aromatic N) is 1. The Morgan fingerprint density at radius 3 is 2.77 bits per heavy atom. The minimum absolute atomic E-state index is 0.0405. The smallest absolute Gasteiger partial charge is 0.230 e. The highest BCUT2D eigenvalue weighted by Gasteiger charge is 2.24. The van der Waals surface area contributed by atoms with Gasteiger partial charge in [-0.25, -0.2) is 4.98 Å². The minimum atomic E-state index is -0.0953. The van der Waals surface area contributed by atoms with Gasteiger partial charge in [0.1, 0.15) is 11.9 Å². The third-order valence-electron chi connectivity index (χ3n) is 4.93. The number of benzene rings is 2. The van der Waals surface area contributed by atoms with Crippen LogP contribution < -0.4 is 10.1 Å². The molecule has 1 amide bonds. The Bertz CT molecular complexity index is 1070. The van der Waals surface area contributed by atoms with Crippen molar-refractivity contribution in [2.75, 3.05) is 12.3 Å². The standard InChI is InChI=1S/C24H22N2O3S/c1-16(27)20-6-2-3-7-21(20)17-9-10-22-18(12-17)13-19(29-22)14-26-23(28)15-30-24-8-4-5-11-25-24/h2-12,19H,13-15H2,1H3,(H,26,28)/t19-/m0/s1. The van der Waals surface area contributed by atoms with Gasteiger partial charge in [0.2, 0.25) is 5.91 Å². The van der Waals surface area contributed by atoms with Gasteiger partial charge in [-0.15, -0.1) is 0 Å². The fraction of sp³-hybridized carbons (Fsp3) is 0.208. The summed E-state index contributed by atoms with van der Waals surface area (Å²) in [5.74, 6) is 1.16. The van der Waals surface area contributed by atoms with E-state index >= 15 is 0 Å². The zero-order valence-corrected chi connectivity index (χ0v) is 17.4. The van der Waals surface area contributed by atoms with Crippen molar-refractivity contribution in [2.24, 2.45) is 0 Å². The first kappa shape index (κ1) is 20.2. The maximum Gasteiger partial charge on any atom is 0.230 e. The van der Waals surface area contributed by atoms with E-state index < -0.39 is 0 Å². The van der Waals surface area contributed by atoms with Crippen LogP contribution in [0.1, 0.15) is 22.8 Å². The summed E-state index contributed by atoms with van der Waals surface area (Å²) in [7, 11) is 0. The summed E-state index contributed by atoms with van der Waals surface area (Å²) in [6.45, 7) is 2.04. The molecule has 152 valence electrons. The lowest BCUT2D eigenvalue weighted by Gasteiger charge is -2.11. The molecule has 0 bridgehead atoms. The maximum atomic E-state index is 12.1. The molecule has 1 N–H and O–H groups in total. The Hall–Kier alpha value is -3.12. The number of carbonyl (C=O) groups excluding carboxylic acids is 2. The van der Waals surface area contributed by atoms with Gasteiger partial charge in [-0.3, -0.25) is 9.59 Å². The summed E-state index contributed by atoms with van der Waals surface area (Å²) in [4.78, 5) is 28.3. The molecule has 0 aliphatic carbocycles. The lowest BCUT2D eigenvalue weighted by molar-refractivity contribution is -0.118. The number of ketones is 1. The highest BCUT2D eigenvalue weighted by Crippen LogP contribution is 2.34. The molecule has 0 saturated heterocycles. The van der Waals surface area contributed by atoms with Crippen molar-refractivity contribution in [1.82, 2.24) is 10.3 Å². The highest BCUT2D eigenvalue weighted by atomic mass is 32.2. The van der Waals surface area contributed by atoms with Gasteiger partial charge in [0.25, 0.3) is 0 Å². The predicted molar refractivity (Wildman–Crippen MR) is 118 cm³/mol. The summed E-state index contributed by atoms with van der Waals surface area (Å²) < 4.78 is 5.99. The van der Waals surface area contributed by atoms with Crippen molar-refractivity contribution in [1.29, 1.82) is 0 Å². The van der Waals surface area contributed by atoms with Crippen molar-refractivity contribution in [3.8, 4) is 16.9 Å². The van der Waals surface area contributed by atoms with E-state index in [1.54, 1.807) is 13.1 Å². The SMILES string of the molecule is CC(=O)c1ccccc1-c1ccc2c(c1)C[C@@H](CNC(=O)CSc1ccccn1)O2. The van der Waals surface area contributed by atoms with Crippen LogP contribution in [0.3, 0.4) is 0 Å². The van der Waals surface area contributed by atoms with Crippen LogP contribution >= 0.6 is 11.8 Å².